The number of nitrogens with one attached hydrogen (secondary N) is 1. The minimum absolute atomic E-state index is 0.177. The SMILES string of the molecule is CCNC(Cc1ccc(Cl)c(F)c1)c1sccc1C. The number of benzene rings is 1. The fourth-order valence-corrected chi connectivity index (χ4v) is 3.27. The van der Waals surface area contributed by atoms with E-state index in [0.29, 0.717) is 0 Å². The second kappa shape index (κ2) is 6.51. The van der Waals surface area contributed by atoms with Crippen LogP contribution in [0.2, 0.25) is 5.02 Å². The van der Waals surface area contributed by atoms with Gasteiger partial charge in [0.2, 0.25) is 0 Å². The zero-order valence-electron chi connectivity index (χ0n) is 11.0. The van der Waals surface area contributed by atoms with Crippen LogP contribution in [0.15, 0.2) is 29.6 Å². The molecule has 102 valence electrons. The molecule has 1 unspecified atom stereocenters. The average molecular weight is 298 g/mol. The maximum Gasteiger partial charge on any atom is 0.142 e. The van der Waals surface area contributed by atoms with Gasteiger partial charge in [-0.3, -0.25) is 0 Å². The summed E-state index contributed by atoms with van der Waals surface area (Å²) in [5.74, 6) is -0.350. The molecule has 2 rings (SSSR count). The fourth-order valence-electron chi connectivity index (χ4n) is 2.15. The van der Waals surface area contributed by atoms with E-state index in [1.165, 1.54) is 16.5 Å². The molecular formula is C15H17ClFNS. The van der Waals surface area contributed by atoms with Crippen molar-refractivity contribution < 1.29 is 4.39 Å². The Balaban J connectivity index is 2.21. The Morgan fingerprint density at radius 3 is 2.74 bits per heavy atom. The van der Waals surface area contributed by atoms with Crippen LogP contribution in [0, 0.1) is 12.7 Å². The number of likely N-dealkylation sites (N-methyl/N-ethyl adjacent to an activating group) is 1. The Labute approximate surface area is 122 Å². The van der Waals surface area contributed by atoms with Crippen molar-refractivity contribution in [2.45, 2.75) is 26.3 Å². The molecule has 0 aliphatic carbocycles. The van der Waals surface area contributed by atoms with Crippen LogP contribution < -0.4 is 5.32 Å². The fraction of sp³-hybridized carbons (Fsp3) is 0.333. The molecule has 0 fully saturated rings. The Bertz CT molecular complexity index is 553. The van der Waals surface area contributed by atoms with Gasteiger partial charge in [-0.05, 0) is 54.6 Å². The van der Waals surface area contributed by atoms with Gasteiger partial charge in [-0.1, -0.05) is 24.6 Å². The predicted molar refractivity (Wildman–Crippen MR) is 80.6 cm³/mol. The van der Waals surface area contributed by atoms with Gasteiger partial charge in [-0.25, -0.2) is 4.39 Å². The van der Waals surface area contributed by atoms with E-state index in [4.69, 9.17) is 11.6 Å². The maximum absolute atomic E-state index is 13.5. The van der Waals surface area contributed by atoms with E-state index >= 15 is 0 Å². The lowest BCUT2D eigenvalue weighted by atomic mass is 10.0. The lowest BCUT2D eigenvalue weighted by molar-refractivity contribution is 0.552. The zero-order chi connectivity index (χ0) is 13.8. The molecule has 1 aromatic carbocycles. The molecule has 2 aromatic rings. The zero-order valence-corrected chi connectivity index (χ0v) is 12.6. The molecule has 19 heavy (non-hydrogen) atoms. The molecule has 0 saturated carbocycles. The standard InChI is InChI=1S/C15H17ClFNS/c1-3-18-14(15-10(2)6-7-19-15)9-11-4-5-12(16)13(17)8-11/h4-8,14,18H,3,9H2,1-2H3. The smallest absolute Gasteiger partial charge is 0.142 e. The van der Waals surface area contributed by atoms with Crippen LogP contribution in [0.5, 0.6) is 0 Å². The van der Waals surface area contributed by atoms with Crippen molar-refractivity contribution in [3.8, 4) is 0 Å². The molecule has 0 saturated heterocycles. The Hall–Kier alpha value is -0.900. The van der Waals surface area contributed by atoms with Crippen molar-refractivity contribution in [2.24, 2.45) is 0 Å². The number of hydrogen-bond acceptors (Lipinski definition) is 2. The topological polar surface area (TPSA) is 12.0 Å². The highest BCUT2D eigenvalue weighted by atomic mass is 35.5. The summed E-state index contributed by atoms with van der Waals surface area (Å²) in [4.78, 5) is 1.32. The van der Waals surface area contributed by atoms with E-state index in [2.05, 4.69) is 30.6 Å². The third-order valence-electron chi connectivity index (χ3n) is 3.09. The van der Waals surface area contributed by atoms with Crippen LogP contribution in [0.4, 0.5) is 4.39 Å². The number of aryl methyl sites for hydroxylation is 1. The van der Waals surface area contributed by atoms with Crippen LogP contribution >= 0.6 is 22.9 Å². The van der Waals surface area contributed by atoms with E-state index in [0.717, 1.165) is 18.5 Å². The maximum atomic E-state index is 13.5. The summed E-state index contributed by atoms with van der Waals surface area (Å²) in [5, 5.41) is 5.73. The van der Waals surface area contributed by atoms with Gasteiger partial charge in [0.1, 0.15) is 5.82 Å². The van der Waals surface area contributed by atoms with Gasteiger partial charge in [0.05, 0.1) is 5.02 Å². The minimum atomic E-state index is -0.350. The summed E-state index contributed by atoms with van der Waals surface area (Å²) in [5.41, 5.74) is 2.24. The summed E-state index contributed by atoms with van der Waals surface area (Å²) in [6.45, 7) is 5.08. The third-order valence-corrected chi connectivity index (χ3v) is 4.53. The molecule has 1 atom stereocenters. The summed E-state index contributed by atoms with van der Waals surface area (Å²) < 4.78 is 13.5. The minimum Gasteiger partial charge on any atom is -0.309 e. The quantitative estimate of drug-likeness (QED) is 0.840. The van der Waals surface area contributed by atoms with Gasteiger partial charge in [0.15, 0.2) is 0 Å². The lowest BCUT2D eigenvalue weighted by Gasteiger charge is -2.18. The van der Waals surface area contributed by atoms with Gasteiger partial charge in [0, 0.05) is 10.9 Å². The van der Waals surface area contributed by atoms with Gasteiger partial charge in [-0.2, -0.15) is 0 Å². The van der Waals surface area contributed by atoms with E-state index in [1.54, 1.807) is 17.4 Å². The molecular weight excluding hydrogens is 281 g/mol. The van der Waals surface area contributed by atoms with E-state index in [-0.39, 0.29) is 16.9 Å². The van der Waals surface area contributed by atoms with Gasteiger partial charge in [0.25, 0.3) is 0 Å². The van der Waals surface area contributed by atoms with Crippen LogP contribution in [0.3, 0.4) is 0 Å². The number of rotatable bonds is 5. The molecule has 1 nitrogen and oxygen atoms in total. The first-order chi connectivity index (χ1) is 9.11. The lowest BCUT2D eigenvalue weighted by Crippen LogP contribution is -2.22. The summed E-state index contributed by atoms with van der Waals surface area (Å²) in [6.07, 6.45) is 0.767. The Morgan fingerprint density at radius 2 is 2.16 bits per heavy atom. The number of thiophene rings is 1. The summed E-state index contributed by atoms with van der Waals surface area (Å²) in [6, 6.07) is 7.38. The highest BCUT2D eigenvalue weighted by Crippen LogP contribution is 2.27. The van der Waals surface area contributed by atoms with Gasteiger partial charge < -0.3 is 5.32 Å². The molecule has 1 heterocycles. The highest BCUT2D eigenvalue weighted by molar-refractivity contribution is 7.10. The van der Waals surface area contributed by atoms with Crippen LogP contribution in [-0.4, -0.2) is 6.54 Å². The molecule has 1 N–H and O–H groups in total. The molecule has 0 spiro atoms. The average Bonchev–Trinajstić information content (AvgIpc) is 2.79. The van der Waals surface area contributed by atoms with Crippen LogP contribution in [0.25, 0.3) is 0 Å². The van der Waals surface area contributed by atoms with Gasteiger partial charge >= 0.3 is 0 Å². The molecule has 0 radical (unpaired) electrons. The first-order valence-corrected chi connectivity index (χ1v) is 7.59. The Morgan fingerprint density at radius 1 is 1.37 bits per heavy atom. The highest BCUT2D eigenvalue weighted by Gasteiger charge is 2.15. The monoisotopic (exact) mass is 297 g/mol. The summed E-state index contributed by atoms with van der Waals surface area (Å²) in [7, 11) is 0. The number of hydrogen-bond donors (Lipinski definition) is 1. The van der Waals surface area contributed by atoms with E-state index in [9.17, 15) is 4.39 Å². The predicted octanol–water partition coefficient (Wildman–Crippen LogP) is 4.74. The second-order valence-corrected chi connectivity index (χ2v) is 5.89. The van der Waals surface area contributed by atoms with Gasteiger partial charge in [-0.15, -0.1) is 11.3 Å². The van der Waals surface area contributed by atoms with E-state index < -0.39 is 0 Å². The Kier molecular flexibility index (Phi) is 4.97. The third kappa shape index (κ3) is 3.56. The molecule has 1 aromatic heterocycles. The molecule has 0 aliphatic rings. The van der Waals surface area contributed by atoms with Crippen molar-refractivity contribution in [1.82, 2.24) is 5.32 Å². The molecule has 0 aliphatic heterocycles. The normalized spacial score (nSPS) is 12.6. The van der Waals surface area contributed by atoms with Crippen molar-refractivity contribution in [1.29, 1.82) is 0 Å². The van der Waals surface area contributed by atoms with Crippen molar-refractivity contribution in [3.05, 3.63) is 56.5 Å². The molecule has 0 amide bonds. The number of halogens is 2. The second-order valence-electron chi connectivity index (χ2n) is 4.53. The van der Waals surface area contributed by atoms with Crippen LogP contribution in [-0.2, 0) is 6.42 Å². The largest absolute Gasteiger partial charge is 0.309 e. The summed E-state index contributed by atoms with van der Waals surface area (Å²) >= 11 is 7.46. The van der Waals surface area contributed by atoms with Crippen molar-refractivity contribution in [2.75, 3.05) is 6.54 Å². The molecule has 4 heteroatoms. The van der Waals surface area contributed by atoms with E-state index in [1.807, 2.05) is 6.07 Å². The first-order valence-electron chi connectivity index (χ1n) is 6.33. The van der Waals surface area contributed by atoms with Crippen molar-refractivity contribution in [3.63, 3.8) is 0 Å². The van der Waals surface area contributed by atoms with Crippen LogP contribution in [0.1, 0.15) is 29.0 Å². The molecule has 0 bridgehead atoms. The van der Waals surface area contributed by atoms with Crippen molar-refractivity contribution >= 4 is 22.9 Å². The first kappa shape index (κ1) is 14.5.